The minimum atomic E-state index is -0.358. The number of hydrogen-bond donors (Lipinski definition) is 2. The maximum absolute atomic E-state index is 12.9. The van der Waals surface area contributed by atoms with Gasteiger partial charge in [-0.25, -0.2) is 0 Å². The maximum Gasteiger partial charge on any atom is 0.243 e. The molecule has 1 fully saturated rings. The zero-order chi connectivity index (χ0) is 20.8. The molecule has 2 aromatic heterocycles. The molecular weight excluding hydrogens is 384 g/mol. The van der Waals surface area contributed by atoms with Crippen LogP contribution in [0.15, 0.2) is 40.9 Å². The van der Waals surface area contributed by atoms with Crippen LogP contribution in [-0.2, 0) is 0 Å². The number of ketones is 1. The van der Waals surface area contributed by atoms with Crippen molar-refractivity contribution in [2.75, 3.05) is 11.1 Å². The highest BCUT2D eigenvalue weighted by Gasteiger charge is 2.26. The standard InChI is InChI=1S/C20H18N4O2S.C2H6/c21-11-14-17(22)19(27-20(14)23-13-8-4-5-9-13)18(25)16-10-15(24-26-16)12-6-2-1-3-7-12;1-2/h1-3,6-7,10,13,23H,4-5,8-9,22H2;1-2H3. The molecule has 7 heteroatoms. The van der Waals surface area contributed by atoms with Gasteiger partial charge in [0.1, 0.15) is 27.2 Å². The van der Waals surface area contributed by atoms with Crippen LogP contribution < -0.4 is 11.1 Å². The van der Waals surface area contributed by atoms with E-state index in [0.29, 0.717) is 27.2 Å². The molecule has 0 saturated heterocycles. The second kappa shape index (κ2) is 9.39. The van der Waals surface area contributed by atoms with Gasteiger partial charge in [0.15, 0.2) is 0 Å². The molecule has 3 aromatic rings. The predicted octanol–water partition coefficient (Wildman–Crippen LogP) is 5.47. The van der Waals surface area contributed by atoms with Crippen LogP contribution in [0.2, 0.25) is 0 Å². The number of benzene rings is 1. The first-order valence-corrected chi connectivity index (χ1v) is 10.6. The van der Waals surface area contributed by atoms with Gasteiger partial charge < -0.3 is 15.6 Å². The number of aromatic nitrogens is 1. The fourth-order valence-corrected chi connectivity index (χ4v) is 4.41. The third-order valence-corrected chi connectivity index (χ3v) is 5.89. The lowest BCUT2D eigenvalue weighted by molar-refractivity contribution is 0.100. The van der Waals surface area contributed by atoms with Crippen molar-refractivity contribution in [3.8, 4) is 17.3 Å². The van der Waals surface area contributed by atoms with Gasteiger partial charge in [0.05, 0.1) is 5.69 Å². The second-order valence-electron chi connectivity index (χ2n) is 6.56. The lowest BCUT2D eigenvalue weighted by atomic mass is 10.1. The highest BCUT2D eigenvalue weighted by molar-refractivity contribution is 7.19. The van der Waals surface area contributed by atoms with Crippen LogP contribution in [0.3, 0.4) is 0 Å². The van der Waals surface area contributed by atoms with Gasteiger partial charge in [-0.05, 0) is 12.8 Å². The molecule has 0 bridgehead atoms. The Kier molecular flexibility index (Phi) is 6.68. The molecular formula is C22H24N4O2S. The molecule has 0 amide bonds. The van der Waals surface area contributed by atoms with Crippen molar-refractivity contribution in [2.24, 2.45) is 0 Å². The summed E-state index contributed by atoms with van der Waals surface area (Å²) in [7, 11) is 0. The minimum absolute atomic E-state index is 0.110. The van der Waals surface area contributed by atoms with Crippen LogP contribution in [0.5, 0.6) is 0 Å². The van der Waals surface area contributed by atoms with Gasteiger partial charge in [-0.3, -0.25) is 4.79 Å². The zero-order valence-corrected chi connectivity index (χ0v) is 17.4. The molecule has 29 heavy (non-hydrogen) atoms. The molecule has 1 saturated carbocycles. The lowest BCUT2D eigenvalue weighted by Crippen LogP contribution is -2.14. The number of anilines is 2. The number of thiophene rings is 1. The number of carbonyl (C=O) groups excluding carboxylic acids is 1. The van der Waals surface area contributed by atoms with Crippen LogP contribution in [0.25, 0.3) is 11.3 Å². The van der Waals surface area contributed by atoms with Crippen molar-refractivity contribution >= 4 is 27.8 Å². The van der Waals surface area contributed by atoms with Crippen molar-refractivity contribution in [1.82, 2.24) is 5.16 Å². The van der Waals surface area contributed by atoms with E-state index in [1.54, 1.807) is 6.07 Å². The Morgan fingerprint density at radius 2 is 1.97 bits per heavy atom. The summed E-state index contributed by atoms with van der Waals surface area (Å²) in [6.45, 7) is 4.00. The Hall–Kier alpha value is -3.11. The number of nitrogens with zero attached hydrogens (tertiary/aromatic N) is 2. The molecule has 0 aliphatic heterocycles. The monoisotopic (exact) mass is 408 g/mol. The molecule has 0 spiro atoms. The number of hydrogen-bond acceptors (Lipinski definition) is 7. The molecule has 0 unspecified atom stereocenters. The van der Waals surface area contributed by atoms with E-state index in [4.69, 9.17) is 10.3 Å². The Balaban J connectivity index is 0.00000117. The third-order valence-electron chi connectivity index (χ3n) is 4.76. The summed E-state index contributed by atoms with van der Waals surface area (Å²) in [5, 5.41) is 17.5. The molecule has 2 heterocycles. The van der Waals surface area contributed by atoms with E-state index in [9.17, 15) is 10.1 Å². The number of nitrogen functional groups attached to an aromatic ring is 1. The van der Waals surface area contributed by atoms with Gasteiger partial charge in [0.25, 0.3) is 0 Å². The number of rotatable bonds is 5. The summed E-state index contributed by atoms with van der Waals surface area (Å²) in [6.07, 6.45) is 4.47. The first-order chi connectivity index (χ1) is 14.2. The van der Waals surface area contributed by atoms with Crippen molar-refractivity contribution in [1.29, 1.82) is 5.26 Å². The smallest absolute Gasteiger partial charge is 0.243 e. The Morgan fingerprint density at radius 1 is 1.28 bits per heavy atom. The zero-order valence-electron chi connectivity index (χ0n) is 16.6. The van der Waals surface area contributed by atoms with Gasteiger partial charge in [-0.15, -0.1) is 11.3 Å². The molecule has 1 aliphatic carbocycles. The van der Waals surface area contributed by atoms with E-state index in [1.165, 1.54) is 24.2 Å². The van der Waals surface area contributed by atoms with Crippen molar-refractivity contribution in [3.05, 3.63) is 52.6 Å². The Labute approximate surface area is 174 Å². The lowest BCUT2D eigenvalue weighted by Gasteiger charge is -2.11. The molecule has 0 atom stereocenters. The molecule has 0 radical (unpaired) electrons. The van der Waals surface area contributed by atoms with Crippen LogP contribution in [0.4, 0.5) is 10.7 Å². The van der Waals surface area contributed by atoms with Gasteiger partial charge in [0, 0.05) is 17.7 Å². The third kappa shape index (κ3) is 4.33. The SMILES string of the molecule is CC.N#Cc1c(NC2CCCC2)sc(C(=O)c2cc(-c3ccccc3)no2)c1N. The molecule has 1 aromatic carbocycles. The fourth-order valence-electron chi connectivity index (χ4n) is 3.32. The molecule has 3 N–H and O–H groups in total. The van der Waals surface area contributed by atoms with E-state index in [2.05, 4.69) is 16.5 Å². The van der Waals surface area contributed by atoms with Crippen molar-refractivity contribution in [3.63, 3.8) is 0 Å². The minimum Gasteiger partial charge on any atom is -0.396 e. The van der Waals surface area contributed by atoms with Crippen LogP contribution in [-0.4, -0.2) is 17.0 Å². The summed E-state index contributed by atoms with van der Waals surface area (Å²) < 4.78 is 5.25. The summed E-state index contributed by atoms with van der Waals surface area (Å²) in [6, 6.07) is 13.5. The van der Waals surface area contributed by atoms with Crippen LogP contribution >= 0.6 is 11.3 Å². The van der Waals surface area contributed by atoms with E-state index in [0.717, 1.165) is 18.4 Å². The highest BCUT2D eigenvalue weighted by atomic mass is 32.1. The average molecular weight is 409 g/mol. The summed E-state index contributed by atoms with van der Waals surface area (Å²) >= 11 is 1.21. The molecule has 150 valence electrons. The van der Waals surface area contributed by atoms with Crippen LogP contribution in [0, 0.1) is 11.3 Å². The highest BCUT2D eigenvalue weighted by Crippen LogP contribution is 2.38. The first kappa shape index (κ1) is 20.6. The van der Waals surface area contributed by atoms with Crippen molar-refractivity contribution < 1.29 is 9.32 Å². The topological polar surface area (TPSA) is 105 Å². The quantitative estimate of drug-likeness (QED) is 0.542. The fraction of sp³-hybridized carbons (Fsp3) is 0.318. The van der Waals surface area contributed by atoms with E-state index < -0.39 is 0 Å². The number of nitrogens with two attached hydrogens (primary N) is 1. The predicted molar refractivity (Wildman–Crippen MR) is 116 cm³/mol. The molecule has 4 rings (SSSR count). The average Bonchev–Trinajstić information content (AvgIpc) is 3.51. The molecule has 1 aliphatic rings. The van der Waals surface area contributed by atoms with Gasteiger partial charge in [-0.1, -0.05) is 62.2 Å². The Bertz CT molecular complexity index is 1010. The van der Waals surface area contributed by atoms with E-state index in [-0.39, 0.29) is 17.2 Å². The number of nitrogens with one attached hydrogen (secondary N) is 1. The summed E-state index contributed by atoms with van der Waals surface area (Å²) in [5.41, 5.74) is 8.09. The van der Waals surface area contributed by atoms with Crippen molar-refractivity contribution in [2.45, 2.75) is 45.6 Å². The maximum atomic E-state index is 12.9. The van der Waals surface area contributed by atoms with E-state index >= 15 is 0 Å². The largest absolute Gasteiger partial charge is 0.396 e. The first-order valence-electron chi connectivity index (χ1n) is 9.83. The number of nitriles is 1. The number of carbonyl (C=O) groups is 1. The van der Waals surface area contributed by atoms with E-state index in [1.807, 2.05) is 44.2 Å². The normalized spacial score (nSPS) is 13.4. The summed E-state index contributed by atoms with van der Waals surface area (Å²) in [5.74, 6) is -0.248. The van der Waals surface area contributed by atoms with Crippen LogP contribution in [0.1, 0.15) is 60.5 Å². The van der Waals surface area contributed by atoms with Gasteiger partial charge in [0.2, 0.25) is 11.5 Å². The Morgan fingerprint density at radius 3 is 2.62 bits per heavy atom. The summed E-state index contributed by atoms with van der Waals surface area (Å²) in [4.78, 5) is 13.2. The second-order valence-corrected chi connectivity index (χ2v) is 7.58. The van der Waals surface area contributed by atoms with Gasteiger partial charge >= 0.3 is 0 Å². The van der Waals surface area contributed by atoms with Gasteiger partial charge in [-0.2, -0.15) is 5.26 Å². The molecule has 6 nitrogen and oxygen atoms in total.